The zero-order valence-corrected chi connectivity index (χ0v) is 15.9. The van der Waals surface area contributed by atoms with Gasteiger partial charge in [0.1, 0.15) is 5.76 Å². The predicted octanol–water partition coefficient (Wildman–Crippen LogP) is 3.26. The summed E-state index contributed by atoms with van der Waals surface area (Å²) in [4.78, 5) is 24.6. The molecule has 4 rings (SSSR count). The molecule has 0 radical (unpaired) electrons. The van der Waals surface area contributed by atoms with E-state index in [0.29, 0.717) is 22.9 Å². The van der Waals surface area contributed by atoms with Gasteiger partial charge < -0.3 is 19.5 Å². The average molecular weight is 398 g/mol. The first-order valence-electron chi connectivity index (χ1n) is 8.80. The maximum absolute atomic E-state index is 12.3. The van der Waals surface area contributed by atoms with Crippen LogP contribution in [-0.2, 0) is 4.79 Å². The molecule has 1 aromatic carbocycles. The molecule has 2 heterocycles. The number of nitrogens with one attached hydrogen (secondary N) is 2. The smallest absolute Gasteiger partial charge is 0.277 e. The van der Waals surface area contributed by atoms with E-state index in [1.54, 1.807) is 43.5 Å². The highest BCUT2D eigenvalue weighted by atomic mass is 32.2. The number of aryl methyl sites for hydroxylation is 1. The van der Waals surface area contributed by atoms with Gasteiger partial charge in [0.25, 0.3) is 17.0 Å². The molecule has 0 aliphatic heterocycles. The third-order valence-corrected chi connectivity index (χ3v) is 5.00. The number of furan rings is 1. The van der Waals surface area contributed by atoms with Gasteiger partial charge >= 0.3 is 0 Å². The van der Waals surface area contributed by atoms with E-state index in [2.05, 4.69) is 20.8 Å². The van der Waals surface area contributed by atoms with Crippen molar-refractivity contribution < 1.29 is 18.4 Å². The quantitative estimate of drug-likeness (QED) is 0.588. The number of benzene rings is 1. The second-order valence-electron chi connectivity index (χ2n) is 6.39. The Morgan fingerprint density at radius 2 is 2.04 bits per heavy atom. The van der Waals surface area contributed by atoms with Crippen molar-refractivity contribution in [3.8, 4) is 11.5 Å². The van der Waals surface area contributed by atoms with Gasteiger partial charge in [-0.3, -0.25) is 9.59 Å². The first-order chi connectivity index (χ1) is 13.6. The molecule has 0 bridgehead atoms. The van der Waals surface area contributed by atoms with Gasteiger partial charge in [-0.1, -0.05) is 23.9 Å². The summed E-state index contributed by atoms with van der Waals surface area (Å²) in [5.74, 6) is 0.652. The minimum Gasteiger partial charge on any atom is -0.469 e. The fourth-order valence-electron chi connectivity index (χ4n) is 2.58. The lowest BCUT2D eigenvalue weighted by Crippen LogP contribution is -2.27. The molecule has 1 saturated carbocycles. The molecule has 0 saturated heterocycles. The van der Waals surface area contributed by atoms with Crippen molar-refractivity contribution in [2.24, 2.45) is 0 Å². The number of carbonyl (C=O) groups excluding carboxylic acids is 2. The van der Waals surface area contributed by atoms with Gasteiger partial charge in [0, 0.05) is 6.04 Å². The summed E-state index contributed by atoms with van der Waals surface area (Å²) >= 11 is 1.12. The lowest BCUT2D eigenvalue weighted by atomic mass is 10.1. The molecule has 144 valence electrons. The lowest BCUT2D eigenvalue weighted by Gasteiger charge is -2.10. The van der Waals surface area contributed by atoms with E-state index in [-0.39, 0.29) is 28.8 Å². The van der Waals surface area contributed by atoms with Crippen molar-refractivity contribution >= 4 is 29.3 Å². The Balaban J connectivity index is 1.36. The van der Waals surface area contributed by atoms with Crippen LogP contribution in [-0.4, -0.2) is 33.8 Å². The number of nitrogens with zero attached hydrogens (tertiary/aromatic N) is 2. The highest BCUT2D eigenvalue weighted by Crippen LogP contribution is 2.26. The Kier molecular flexibility index (Phi) is 5.16. The van der Waals surface area contributed by atoms with Crippen LogP contribution in [0.2, 0.25) is 0 Å². The monoisotopic (exact) mass is 398 g/mol. The molecule has 2 amide bonds. The van der Waals surface area contributed by atoms with E-state index >= 15 is 0 Å². The molecule has 3 aromatic rings. The van der Waals surface area contributed by atoms with Gasteiger partial charge in [-0.05, 0) is 38.0 Å². The van der Waals surface area contributed by atoms with Gasteiger partial charge in [-0.2, -0.15) is 0 Å². The van der Waals surface area contributed by atoms with Crippen LogP contribution in [0.3, 0.4) is 0 Å². The minimum atomic E-state index is -0.268. The van der Waals surface area contributed by atoms with Gasteiger partial charge in [0.15, 0.2) is 0 Å². The number of thioether (sulfide) groups is 1. The van der Waals surface area contributed by atoms with E-state index in [1.807, 2.05) is 0 Å². The fraction of sp³-hybridized carbons (Fsp3) is 0.263. The van der Waals surface area contributed by atoms with Gasteiger partial charge in [-0.25, -0.2) is 0 Å². The van der Waals surface area contributed by atoms with Gasteiger partial charge in [-0.15, -0.1) is 10.2 Å². The van der Waals surface area contributed by atoms with E-state index in [1.165, 1.54) is 0 Å². The van der Waals surface area contributed by atoms with Crippen molar-refractivity contribution in [3.05, 3.63) is 47.9 Å². The van der Waals surface area contributed by atoms with Crippen LogP contribution in [0.1, 0.15) is 29.0 Å². The lowest BCUT2D eigenvalue weighted by molar-refractivity contribution is -0.113. The molecule has 1 fully saturated rings. The van der Waals surface area contributed by atoms with Gasteiger partial charge in [0.2, 0.25) is 5.91 Å². The molecular formula is C19H18N4O4S. The molecule has 2 N–H and O–H groups in total. The molecule has 8 nitrogen and oxygen atoms in total. The molecule has 9 heteroatoms. The molecular weight excluding hydrogens is 380 g/mol. The third kappa shape index (κ3) is 4.25. The molecule has 1 aliphatic rings. The second-order valence-corrected chi connectivity index (χ2v) is 7.32. The standard InChI is InChI=1S/C19H18N4O4S/c1-11-13(8-9-26-11)18-22-23-19(27-18)28-10-16(24)21-15-5-3-2-4-14(15)17(25)20-12-6-7-12/h2-5,8-9,12H,6-7,10H2,1H3,(H,20,25)(H,21,24). The Labute approximate surface area is 165 Å². The van der Waals surface area contributed by atoms with Crippen molar-refractivity contribution in [3.63, 3.8) is 0 Å². The fourth-order valence-corrected chi connectivity index (χ4v) is 3.14. The van der Waals surface area contributed by atoms with Crippen molar-refractivity contribution in [2.75, 3.05) is 11.1 Å². The number of hydrogen-bond acceptors (Lipinski definition) is 7. The maximum atomic E-state index is 12.3. The molecule has 2 aromatic heterocycles. The number of para-hydroxylation sites is 1. The number of rotatable bonds is 7. The average Bonchev–Trinajstić information content (AvgIpc) is 3.20. The second kappa shape index (κ2) is 7.89. The summed E-state index contributed by atoms with van der Waals surface area (Å²) in [5.41, 5.74) is 1.65. The van der Waals surface area contributed by atoms with E-state index in [9.17, 15) is 9.59 Å². The normalized spacial score (nSPS) is 13.3. The molecule has 28 heavy (non-hydrogen) atoms. The first-order valence-corrected chi connectivity index (χ1v) is 9.79. The summed E-state index contributed by atoms with van der Waals surface area (Å²) in [6.45, 7) is 1.80. The largest absolute Gasteiger partial charge is 0.469 e. The van der Waals surface area contributed by atoms with E-state index in [0.717, 1.165) is 30.2 Å². The van der Waals surface area contributed by atoms with Crippen molar-refractivity contribution in [1.29, 1.82) is 0 Å². The van der Waals surface area contributed by atoms with Crippen molar-refractivity contribution in [1.82, 2.24) is 15.5 Å². The number of amides is 2. The van der Waals surface area contributed by atoms with Crippen LogP contribution in [0.25, 0.3) is 11.5 Å². The van der Waals surface area contributed by atoms with Crippen LogP contribution < -0.4 is 10.6 Å². The van der Waals surface area contributed by atoms with E-state index < -0.39 is 0 Å². The molecule has 0 spiro atoms. The first kappa shape index (κ1) is 18.3. The van der Waals surface area contributed by atoms with Crippen LogP contribution in [0.15, 0.2) is 50.7 Å². The Morgan fingerprint density at radius 3 is 2.79 bits per heavy atom. The SMILES string of the molecule is Cc1occc1-c1nnc(SCC(=O)Nc2ccccc2C(=O)NC2CC2)o1. The van der Waals surface area contributed by atoms with Crippen LogP contribution in [0.4, 0.5) is 5.69 Å². The Hall–Kier alpha value is -3.07. The summed E-state index contributed by atoms with van der Waals surface area (Å²) in [6, 6.07) is 8.93. The predicted molar refractivity (Wildman–Crippen MR) is 103 cm³/mol. The van der Waals surface area contributed by atoms with Gasteiger partial charge in [0.05, 0.1) is 28.8 Å². The summed E-state index contributed by atoms with van der Waals surface area (Å²) in [7, 11) is 0. The highest BCUT2D eigenvalue weighted by Gasteiger charge is 2.25. The van der Waals surface area contributed by atoms with Crippen molar-refractivity contribution in [2.45, 2.75) is 31.0 Å². The zero-order chi connectivity index (χ0) is 19.5. The maximum Gasteiger partial charge on any atom is 0.277 e. The van der Waals surface area contributed by atoms with Crippen LogP contribution in [0.5, 0.6) is 0 Å². The zero-order valence-electron chi connectivity index (χ0n) is 15.1. The van der Waals surface area contributed by atoms with Crippen LogP contribution >= 0.6 is 11.8 Å². The third-order valence-electron chi connectivity index (χ3n) is 4.18. The van der Waals surface area contributed by atoms with Crippen LogP contribution in [0, 0.1) is 6.92 Å². The summed E-state index contributed by atoms with van der Waals surface area (Å²) in [5, 5.41) is 13.9. The topological polar surface area (TPSA) is 110 Å². The van der Waals surface area contributed by atoms with E-state index in [4.69, 9.17) is 8.83 Å². The Morgan fingerprint density at radius 1 is 1.21 bits per heavy atom. The summed E-state index contributed by atoms with van der Waals surface area (Å²) < 4.78 is 10.8. The molecule has 1 aliphatic carbocycles. The molecule has 0 atom stereocenters. The number of anilines is 1. The highest BCUT2D eigenvalue weighted by molar-refractivity contribution is 7.99. The number of hydrogen-bond donors (Lipinski definition) is 2. The minimum absolute atomic E-state index is 0.0740. The number of carbonyl (C=O) groups is 2. The summed E-state index contributed by atoms with van der Waals surface area (Å²) in [6.07, 6.45) is 3.55. The Bertz CT molecular complexity index is 1010. The number of aromatic nitrogens is 2. The molecule has 0 unspecified atom stereocenters.